The lowest BCUT2D eigenvalue weighted by atomic mass is 10.3. The van der Waals surface area contributed by atoms with Gasteiger partial charge >= 0.3 is 5.97 Å². The number of carbonyl (C=O) groups is 1. The Morgan fingerprint density at radius 2 is 2.40 bits per heavy atom. The molecule has 0 saturated heterocycles. The molecule has 0 radical (unpaired) electrons. The van der Waals surface area contributed by atoms with Crippen molar-refractivity contribution in [2.75, 3.05) is 7.11 Å². The van der Waals surface area contributed by atoms with Crippen molar-refractivity contribution < 1.29 is 14.6 Å². The largest absolute Gasteiger partial charge is 0.466 e. The topological polar surface area (TPSA) is 46.5 Å². The summed E-state index contributed by atoms with van der Waals surface area (Å²) < 4.78 is 4.32. The van der Waals surface area contributed by atoms with Crippen LogP contribution in [0.2, 0.25) is 0 Å². The zero-order valence-corrected chi connectivity index (χ0v) is 6.20. The minimum atomic E-state index is -0.402. The quantitative estimate of drug-likeness (QED) is 0.463. The molecule has 1 atom stereocenters. The molecule has 0 aliphatic heterocycles. The van der Waals surface area contributed by atoms with Crippen molar-refractivity contribution in [3.8, 4) is 0 Å². The second-order valence-corrected chi connectivity index (χ2v) is 2.01. The van der Waals surface area contributed by atoms with Crippen LogP contribution in [0.15, 0.2) is 12.2 Å². The van der Waals surface area contributed by atoms with Gasteiger partial charge in [-0.2, -0.15) is 0 Å². The van der Waals surface area contributed by atoms with Gasteiger partial charge in [-0.3, -0.25) is 0 Å². The second-order valence-electron chi connectivity index (χ2n) is 2.01. The summed E-state index contributed by atoms with van der Waals surface area (Å²) in [6.07, 6.45) is 2.96. The molecule has 0 aliphatic rings. The number of esters is 1. The zero-order chi connectivity index (χ0) is 7.98. The number of carbonyl (C=O) groups excluding carboxylic acids is 1. The average Bonchev–Trinajstić information content (AvgIpc) is 1.87. The van der Waals surface area contributed by atoms with Crippen molar-refractivity contribution in [3.63, 3.8) is 0 Å². The summed E-state index contributed by atoms with van der Waals surface area (Å²) in [4.78, 5) is 10.4. The van der Waals surface area contributed by atoms with E-state index < -0.39 is 6.10 Å². The molecule has 3 nitrogen and oxygen atoms in total. The highest BCUT2D eigenvalue weighted by atomic mass is 16.5. The van der Waals surface area contributed by atoms with E-state index in [1.807, 2.05) is 0 Å². The van der Waals surface area contributed by atoms with Crippen molar-refractivity contribution in [2.45, 2.75) is 19.4 Å². The molecule has 1 N–H and O–H groups in total. The van der Waals surface area contributed by atoms with Crippen molar-refractivity contribution in [3.05, 3.63) is 12.2 Å². The van der Waals surface area contributed by atoms with Gasteiger partial charge in [-0.1, -0.05) is 6.08 Å². The zero-order valence-electron chi connectivity index (χ0n) is 6.20. The van der Waals surface area contributed by atoms with Gasteiger partial charge in [-0.25, -0.2) is 4.79 Å². The summed E-state index contributed by atoms with van der Waals surface area (Å²) in [6.45, 7) is 1.65. The summed E-state index contributed by atoms with van der Waals surface area (Å²) in [6, 6.07) is 0. The number of rotatable bonds is 3. The van der Waals surface area contributed by atoms with Gasteiger partial charge in [0.25, 0.3) is 0 Å². The Balaban J connectivity index is 3.46. The molecule has 0 aromatic carbocycles. The number of methoxy groups -OCH3 is 1. The maximum Gasteiger partial charge on any atom is 0.330 e. The standard InChI is InChI=1S/C7H12O3/c1-6(8)4-3-5-7(9)10-2/h3,5-6,8H,4H2,1-2H3/b5-3+. The van der Waals surface area contributed by atoms with Crippen LogP contribution in [0.5, 0.6) is 0 Å². The first-order valence-corrected chi connectivity index (χ1v) is 3.09. The van der Waals surface area contributed by atoms with E-state index in [0.29, 0.717) is 6.42 Å². The number of hydrogen-bond donors (Lipinski definition) is 1. The monoisotopic (exact) mass is 144 g/mol. The van der Waals surface area contributed by atoms with Gasteiger partial charge in [0.1, 0.15) is 0 Å². The molecule has 0 spiro atoms. The predicted octanol–water partition coefficient (Wildman–Crippen LogP) is 0.486. The summed E-state index contributed by atoms with van der Waals surface area (Å²) >= 11 is 0. The van der Waals surface area contributed by atoms with Crippen LogP contribution in [0.3, 0.4) is 0 Å². The fourth-order valence-corrected chi connectivity index (χ4v) is 0.429. The van der Waals surface area contributed by atoms with Crippen LogP contribution in [-0.2, 0) is 9.53 Å². The SMILES string of the molecule is COC(=O)/C=C/CC(C)O. The summed E-state index contributed by atoms with van der Waals surface area (Å²) in [5, 5.41) is 8.73. The van der Waals surface area contributed by atoms with Gasteiger partial charge in [0, 0.05) is 6.08 Å². The second kappa shape index (κ2) is 4.99. The lowest BCUT2D eigenvalue weighted by Gasteiger charge is -1.95. The van der Waals surface area contributed by atoms with E-state index in [1.54, 1.807) is 13.0 Å². The first kappa shape index (κ1) is 9.17. The van der Waals surface area contributed by atoms with Crippen LogP contribution in [0.25, 0.3) is 0 Å². The highest BCUT2D eigenvalue weighted by Gasteiger charge is 1.92. The minimum Gasteiger partial charge on any atom is -0.466 e. The van der Waals surface area contributed by atoms with Crippen LogP contribution in [0.4, 0.5) is 0 Å². The number of aliphatic hydroxyl groups is 1. The van der Waals surface area contributed by atoms with Crippen LogP contribution in [-0.4, -0.2) is 24.3 Å². The van der Waals surface area contributed by atoms with Crippen LogP contribution in [0, 0.1) is 0 Å². The van der Waals surface area contributed by atoms with E-state index in [1.165, 1.54) is 13.2 Å². The van der Waals surface area contributed by atoms with E-state index in [0.717, 1.165) is 0 Å². The predicted molar refractivity (Wildman–Crippen MR) is 37.5 cm³/mol. The molecule has 0 rings (SSSR count). The molecule has 0 aliphatic carbocycles. The van der Waals surface area contributed by atoms with Gasteiger partial charge in [0.05, 0.1) is 13.2 Å². The smallest absolute Gasteiger partial charge is 0.330 e. The van der Waals surface area contributed by atoms with Gasteiger partial charge < -0.3 is 9.84 Å². The highest BCUT2D eigenvalue weighted by Crippen LogP contribution is 1.90. The molecule has 0 aromatic heterocycles. The first-order valence-electron chi connectivity index (χ1n) is 3.09. The van der Waals surface area contributed by atoms with E-state index >= 15 is 0 Å². The number of aliphatic hydroxyl groups excluding tert-OH is 1. The molecule has 10 heavy (non-hydrogen) atoms. The Morgan fingerprint density at radius 3 is 2.80 bits per heavy atom. The normalized spacial score (nSPS) is 13.5. The Hall–Kier alpha value is -0.830. The minimum absolute atomic E-state index is 0.388. The molecular weight excluding hydrogens is 132 g/mol. The third kappa shape index (κ3) is 5.31. The van der Waals surface area contributed by atoms with Gasteiger partial charge in [0.2, 0.25) is 0 Å². The van der Waals surface area contributed by atoms with Crippen LogP contribution >= 0.6 is 0 Å². The van der Waals surface area contributed by atoms with E-state index in [9.17, 15) is 4.79 Å². The van der Waals surface area contributed by atoms with E-state index in [4.69, 9.17) is 5.11 Å². The molecule has 0 fully saturated rings. The summed E-state index contributed by atoms with van der Waals surface area (Å²) in [5.41, 5.74) is 0. The van der Waals surface area contributed by atoms with E-state index in [2.05, 4.69) is 4.74 Å². The molecule has 1 unspecified atom stereocenters. The van der Waals surface area contributed by atoms with Gasteiger partial charge in [-0.15, -0.1) is 0 Å². The summed E-state index contributed by atoms with van der Waals surface area (Å²) in [5.74, 6) is -0.388. The van der Waals surface area contributed by atoms with Crippen molar-refractivity contribution >= 4 is 5.97 Å². The Bertz CT molecular complexity index is 127. The number of ether oxygens (including phenoxy) is 1. The van der Waals surface area contributed by atoms with Crippen molar-refractivity contribution in [1.82, 2.24) is 0 Å². The first-order chi connectivity index (χ1) is 4.66. The fourth-order valence-electron chi connectivity index (χ4n) is 0.429. The lowest BCUT2D eigenvalue weighted by molar-refractivity contribution is -0.134. The molecule has 3 heteroatoms. The molecule has 0 aromatic rings. The maximum atomic E-state index is 10.4. The lowest BCUT2D eigenvalue weighted by Crippen LogP contribution is -1.98. The van der Waals surface area contributed by atoms with Gasteiger partial charge in [0.15, 0.2) is 0 Å². The fraction of sp³-hybridized carbons (Fsp3) is 0.571. The molecule has 0 heterocycles. The summed E-state index contributed by atoms with van der Waals surface area (Å²) in [7, 11) is 1.31. The van der Waals surface area contributed by atoms with Crippen LogP contribution < -0.4 is 0 Å². The van der Waals surface area contributed by atoms with E-state index in [-0.39, 0.29) is 5.97 Å². The third-order valence-electron chi connectivity index (χ3n) is 0.932. The van der Waals surface area contributed by atoms with Crippen molar-refractivity contribution in [2.24, 2.45) is 0 Å². The third-order valence-corrected chi connectivity index (χ3v) is 0.932. The average molecular weight is 144 g/mol. The number of hydrogen-bond acceptors (Lipinski definition) is 3. The molecule has 0 saturated carbocycles. The van der Waals surface area contributed by atoms with Crippen LogP contribution in [0.1, 0.15) is 13.3 Å². The Labute approximate surface area is 60.3 Å². The Kier molecular flexibility index (Phi) is 4.58. The molecule has 0 bridgehead atoms. The maximum absolute atomic E-state index is 10.4. The molecule has 58 valence electrons. The molecular formula is C7H12O3. The highest BCUT2D eigenvalue weighted by molar-refractivity contribution is 5.81. The van der Waals surface area contributed by atoms with Crippen molar-refractivity contribution in [1.29, 1.82) is 0 Å². The molecule has 0 amide bonds. The van der Waals surface area contributed by atoms with Gasteiger partial charge in [-0.05, 0) is 13.3 Å². The Morgan fingerprint density at radius 1 is 1.80 bits per heavy atom.